The summed E-state index contributed by atoms with van der Waals surface area (Å²) in [6.07, 6.45) is 3.61. The summed E-state index contributed by atoms with van der Waals surface area (Å²) in [5, 5.41) is 8.96. The van der Waals surface area contributed by atoms with Crippen LogP contribution in [-0.2, 0) is 17.6 Å². The van der Waals surface area contributed by atoms with Gasteiger partial charge in [-0.25, -0.2) is 0 Å². The van der Waals surface area contributed by atoms with Gasteiger partial charge in [0.2, 0.25) is 5.91 Å². The van der Waals surface area contributed by atoms with Crippen molar-refractivity contribution in [1.29, 1.82) is 0 Å². The van der Waals surface area contributed by atoms with Crippen LogP contribution in [0.25, 0.3) is 0 Å². The van der Waals surface area contributed by atoms with Gasteiger partial charge in [0.25, 0.3) is 5.24 Å². The molecule has 1 aromatic heterocycles. The third-order valence-corrected chi connectivity index (χ3v) is 7.29. The van der Waals surface area contributed by atoms with E-state index in [1.54, 1.807) is 0 Å². The van der Waals surface area contributed by atoms with Crippen molar-refractivity contribution in [3.8, 4) is 0 Å². The van der Waals surface area contributed by atoms with Crippen molar-refractivity contribution >= 4 is 28.6 Å². The number of fused-ring (bicyclic) bond motifs is 1. The number of thioether (sulfide) groups is 1. The van der Waals surface area contributed by atoms with E-state index in [0.29, 0.717) is 5.92 Å². The normalized spacial score (nSPS) is 20.6. The fraction of sp³-hybridized carbons (Fsp3) is 0.269. The predicted molar refractivity (Wildman–Crippen MR) is 131 cm³/mol. The van der Waals surface area contributed by atoms with E-state index in [9.17, 15) is 9.59 Å². The van der Waals surface area contributed by atoms with E-state index < -0.39 is 5.25 Å². The van der Waals surface area contributed by atoms with Gasteiger partial charge >= 0.3 is 0 Å². The average molecular weight is 459 g/mol. The Morgan fingerprint density at radius 3 is 2.76 bits per heavy atom. The van der Waals surface area contributed by atoms with Crippen molar-refractivity contribution < 1.29 is 9.59 Å². The van der Waals surface area contributed by atoms with Crippen LogP contribution in [0.4, 0.5) is 10.5 Å². The molecule has 3 atom stereocenters. The van der Waals surface area contributed by atoms with Crippen LogP contribution in [0.3, 0.4) is 0 Å². The molecule has 3 N–H and O–H groups in total. The molecule has 2 amide bonds. The maximum atomic E-state index is 12.0. The second-order valence-corrected chi connectivity index (χ2v) is 9.53. The fourth-order valence-corrected chi connectivity index (χ4v) is 5.46. The molecule has 7 heteroatoms. The molecule has 3 aromatic rings. The van der Waals surface area contributed by atoms with E-state index >= 15 is 0 Å². The van der Waals surface area contributed by atoms with Crippen LogP contribution in [0, 0.1) is 5.92 Å². The smallest absolute Gasteiger partial charge is 0.286 e. The maximum Gasteiger partial charge on any atom is 0.286 e. The summed E-state index contributed by atoms with van der Waals surface area (Å²) < 4.78 is 0. The number of nitrogens with one attached hydrogen (secondary N) is 3. The lowest BCUT2D eigenvalue weighted by molar-refractivity contribution is -0.119. The van der Waals surface area contributed by atoms with E-state index in [0.717, 1.165) is 60.2 Å². The zero-order chi connectivity index (χ0) is 22.6. The second-order valence-electron chi connectivity index (χ2n) is 8.45. The lowest BCUT2D eigenvalue weighted by atomic mass is 9.86. The van der Waals surface area contributed by atoms with E-state index in [4.69, 9.17) is 0 Å². The summed E-state index contributed by atoms with van der Waals surface area (Å²) in [5.41, 5.74) is 5.54. The molecule has 168 valence electrons. The van der Waals surface area contributed by atoms with Gasteiger partial charge in [0.1, 0.15) is 5.25 Å². The largest absolute Gasteiger partial charge is 0.383 e. The lowest BCUT2D eigenvalue weighted by Gasteiger charge is -2.33. The summed E-state index contributed by atoms with van der Waals surface area (Å²) in [7, 11) is 0. The van der Waals surface area contributed by atoms with E-state index in [2.05, 4.69) is 57.3 Å². The summed E-state index contributed by atoms with van der Waals surface area (Å²) in [6, 6.07) is 22.8. The topological polar surface area (TPSA) is 83.1 Å². The number of imide groups is 1. The number of rotatable bonds is 7. The number of hydrogen-bond acceptors (Lipinski definition) is 6. The molecule has 1 unspecified atom stereocenters. The summed E-state index contributed by atoms with van der Waals surface area (Å²) in [4.78, 5) is 28.2. The number of aromatic nitrogens is 1. The number of hydrogen-bond donors (Lipinski definition) is 3. The summed E-state index contributed by atoms with van der Waals surface area (Å²) in [5.74, 6) is 0.147. The molecule has 0 aliphatic carbocycles. The van der Waals surface area contributed by atoms with Crippen molar-refractivity contribution in [2.24, 2.45) is 5.92 Å². The molecule has 5 rings (SSSR count). The first-order chi connectivity index (χ1) is 16.2. The second kappa shape index (κ2) is 9.77. The number of pyridine rings is 1. The van der Waals surface area contributed by atoms with Crippen molar-refractivity contribution in [3.05, 3.63) is 95.3 Å². The minimum atomic E-state index is -0.455. The molecule has 0 bridgehead atoms. The molecular weight excluding hydrogens is 432 g/mol. The van der Waals surface area contributed by atoms with E-state index in [1.807, 2.05) is 36.5 Å². The van der Waals surface area contributed by atoms with Crippen molar-refractivity contribution in [2.75, 3.05) is 18.4 Å². The van der Waals surface area contributed by atoms with Crippen LogP contribution in [-0.4, -0.2) is 29.2 Å². The minimum absolute atomic E-state index is 0.200. The molecule has 1 fully saturated rings. The van der Waals surface area contributed by atoms with Crippen molar-refractivity contribution in [3.63, 3.8) is 0 Å². The molecule has 0 radical (unpaired) electrons. The first kappa shape index (κ1) is 21.7. The Labute approximate surface area is 197 Å². The highest BCUT2D eigenvalue weighted by Gasteiger charge is 2.33. The molecular formula is C26H26N4O2S. The number of anilines is 1. The number of amides is 2. The number of benzene rings is 2. The van der Waals surface area contributed by atoms with Crippen molar-refractivity contribution in [2.45, 2.75) is 24.1 Å². The zero-order valence-electron chi connectivity index (χ0n) is 18.2. The third-order valence-electron chi connectivity index (χ3n) is 6.25. The van der Waals surface area contributed by atoms with Crippen molar-refractivity contribution in [1.82, 2.24) is 15.6 Å². The Morgan fingerprint density at radius 1 is 1.06 bits per heavy atom. The highest BCUT2D eigenvalue weighted by atomic mass is 32.2. The highest BCUT2D eigenvalue weighted by Crippen LogP contribution is 2.35. The van der Waals surface area contributed by atoms with Gasteiger partial charge in [0.15, 0.2) is 0 Å². The molecule has 3 heterocycles. The van der Waals surface area contributed by atoms with Crippen LogP contribution in [0.2, 0.25) is 0 Å². The van der Waals surface area contributed by atoms with Gasteiger partial charge in [-0.1, -0.05) is 54.6 Å². The van der Waals surface area contributed by atoms with Gasteiger partial charge in [-0.2, -0.15) is 0 Å². The average Bonchev–Trinajstić information content (AvgIpc) is 3.20. The molecule has 2 aliphatic rings. The quantitative estimate of drug-likeness (QED) is 0.491. The zero-order valence-corrected chi connectivity index (χ0v) is 19.0. The van der Waals surface area contributed by atoms with Crippen LogP contribution in [0.1, 0.15) is 33.7 Å². The molecule has 2 aromatic carbocycles. The highest BCUT2D eigenvalue weighted by molar-refractivity contribution is 8.15. The molecule has 33 heavy (non-hydrogen) atoms. The van der Waals surface area contributed by atoms with Gasteiger partial charge in [0.05, 0.1) is 11.4 Å². The monoisotopic (exact) mass is 458 g/mol. The van der Waals surface area contributed by atoms with Gasteiger partial charge in [-0.05, 0) is 60.0 Å². The molecule has 0 spiro atoms. The van der Waals surface area contributed by atoms with Crippen LogP contribution in [0.15, 0.2) is 72.9 Å². The van der Waals surface area contributed by atoms with Gasteiger partial charge in [-0.3, -0.25) is 19.9 Å². The van der Waals surface area contributed by atoms with Crippen LogP contribution >= 0.6 is 11.8 Å². The Bertz CT molecular complexity index is 1150. The third kappa shape index (κ3) is 4.94. The summed E-state index contributed by atoms with van der Waals surface area (Å²) in [6.45, 7) is 1.69. The fourth-order valence-electron chi connectivity index (χ4n) is 4.64. The number of carbonyl (C=O) groups excluding carboxylic acids is 2. The van der Waals surface area contributed by atoms with Crippen LogP contribution < -0.4 is 16.0 Å². The maximum absolute atomic E-state index is 12.0. The van der Waals surface area contributed by atoms with Gasteiger partial charge in [0, 0.05) is 24.7 Å². The summed E-state index contributed by atoms with van der Waals surface area (Å²) >= 11 is 1.05. The number of carbonyl (C=O) groups is 2. The molecule has 0 saturated carbocycles. The Hall–Kier alpha value is -3.16. The van der Waals surface area contributed by atoms with E-state index in [-0.39, 0.29) is 17.2 Å². The SMILES string of the molecule is O=C1NC(=O)C(c2cccc(CCN[C@H](c3ccccc3)[C@H]3CNc4cccnc4C3)c2)S1. The first-order valence-electron chi connectivity index (χ1n) is 11.2. The molecule has 6 nitrogen and oxygen atoms in total. The standard InChI is InChI=1S/C26H26N4O2S/c31-25-24(33-26(32)30-25)19-9-4-6-17(14-19)11-13-28-23(18-7-2-1-3-8-18)20-15-22-21(29-16-20)10-5-12-27-22/h1-10,12,14,20,23-24,28-29H,11,13,15-16H2,(H,30,31,32)/t20-,23-,24?/m1/s1. The van der Waals surface area contributed by atoms with E-state index in [1.165, 1.54) is 5.56 Å². The van der Waals surface area contributed by atoms with Gasteiger partial charge in [-0.15, -0.1) is 0 Å². The number of nitrogens with zero attached hydrogens (tertiary/aromatic N) is 1. The minimum Gasteiger partial charge on any atom is -0.383 e. The predicted octanol–water partition coefficient (Wildman–Crippen LogP) is 4.26. The Balaban J connectivity index is 1.28. The Kier molecular flexibility index (Phi) is 6.41. The van der Waals surface area contributed by atoms with Gasteiger partial charge < -0.3 is 10.6 Å². The first-order valence-corrected chi connectivity index (χ1v) is 12.1. The Morgan fingerprint density at radius 2 is 1.94 bits per heavy atom. The molecule has 2 aliphatic heterocycles. The van der Waals surface area contributed by atoms with Crippen LogP contribution in [0.5, 0.6) is 0 Å². The molecule has 1 saturated heterocycles. The lowest BCUT2D eigenvalue weighted by Crippen LogP contribution is -2.37.